The van der Waals surface area contributed by atoms with Crippen LogP contribution in [0.25, 0.3) is 0 Å². The van der Waals surface area contributed by atoms with Gasteiger partial charge in [0, 0.05) is 32.4 Å². The Balaban J connectivity index is 2.40. The van der Waals surface area contributed by atoms with Gasteiger partial charge >= 0.3 is 8.80 Å². The van der Waals surface area contributed by atoms with Gasteiger partial charge < -0.3 is 29.0 Å². The Morgan fingerprint density at radius 3 is 2.15 bits per heavy atom. The maximum Gasteiger partial charge on any atom is 0.500 e. The zero-order valence-electron chi connectivity index (χ0n) is 16.9. The van der Waals surface area contributed by atoms with Gasteiger partial charge in [-0.15, -0.1) is 0 Å². The molecule has 8 heteroatoms. The summed E-state index contributed by atoms with van der Waals surface area (Å²) in [5.74, 6) is 0. The number of nitrogens with one attached hydrogen (secondary N) is 2. The summed E-state index contributed by atoms with van der Waals surface area (Å²) in [4.78, 5) is 0. The van der Waals surface area contributed by atoms with Crippen LogP contribution < -0.4 is 10.6 Å². The van der Waals surface area contributed by atoms with Gasteiger partial charge in [0.15, 0.2) is 5.11 Å². The van der Waals surface area contributed by atoms with Gasteiger partial charge in [-0.2, -0.15) is 0 Å². The summed E-state index contributed by atoms with van der Waals surface area (Å²) in [6.07, 6.45) is 0.198. The van der Waals surface area contributed by atoms with Crippen LogP contribution in [-0.4, -0.2) is 51.4 Å². The first-order valence-corrected chi connectivity index (χ1v) is 12.0. The lowest BCUT2D eigenvalue weighted by molar-refractivity contribution is 0.0709. The van der Waals surface area contributed by atoms with Gasteiger partial charge in [0.25, 0.3) is 0 Å². The van der Waals surface area contributed by atoms with Gasteiger partial charge in [0.05, 0.1) is 12.1 Å². The molecule has 0 aliphatic rings. The Morgan fingerprint density at radius 1 is 1.07 bits per heavy atom. The summed E-state index contributed by atoms with van der Waals surface area (Å²) in [5, 5.41) is 17.2. The van der Waals surface area contributed by atoms with Crippen molar-refractivity contribution < 1.29 is 18.4 Å². The van der Waals surface area contributed by atoms with Crippen molar-refractivity contribution in [3.8, 4) is 0 Å². The van der Waals surface area contributed by atoms with Crippen molar-refractivity contribution >= 4 is 26.1 Å². The first kappa shape index (κ1) is 24.0. The van der Waals surface area contributed by atoms with Gasteiger partial charge in [-0.05, 0) is 51.9 Å². The average Bonchev–Trinajstić information content (AvgIpc) is 2.66. The Morgan fingerprint density at radius 2 is 1.63 bits per heavy atom. The van der Waals surface area contributed by atoms with E-state index in [2.05, 4.69) is 10.6 Å². The van der Waals surface area contributed by atoms with Crippen LogP contribution in [0, 0.1) is 0 Å². The van der Waals surface area contributed by atoms with Crippen molar-refractivity contribution in [2.45, 2.75) is 52.3 Å². The molecule has 0 bridgehead atoms. The second kappa shape index (κ2) is 13.2. The molecule has 0 heterocycles. The number of thiocarbonyl (C=S) groups is 1. The lowest BCUT2D eigenvalue weighted by Crippen LogP contribution is -2.47. The SMILES string of the molecule is CCO[Si](CCCNC(=S)NC(C)C(O)c1ccccc1)(OCC)OCC. The number of hydrogen-bond acceptors (Lipinski definition) is 5. The number of hydrogen-bond donors (Lipinski definition) is 3. The Bertz CT molecular complexity index is 519. The molecule has 1 aromatic carbocycles. The molecule has 0 spiro atoms. The summed E-state index contributed by atoms with van der Waals surface area (Å²) in [6.45, 7) is 10.2. The maximum atomic E-state index is 10.4. The topological polar surface area (TPSA) is 72.0 Å². The standard InChI is InChI=1S/C19H34N2O4SSi/c1-5-23-27(24-6-2,25-7-3)15-11-14-20-19(26)21-16(4)18(22)17-12-9-8-10-13-17/h8-10,12-13,16,18,22H,5-7,11,14-15H2,1-4H3,(H2,20,21,26). The molecule has 0 amide bonds. The van der Waals surface area contributed by atoms with E-state index in [-0.39, 0.29) is 6.04 Å². The van der Waals surface area contributed by atoms with Crippen molar-refractivity contribution in [2.75, 3.05) is 26.4 Å². The number of benzene rings is 1. The maximum absolute atomic E-state index is 10.4. The zero-order valence-corrected chi connectivity index (χ0v) is 18.7. The van der Waals surface area contributed by atoms with E-state index in [9.17, 15) is 5.11 Å². The number of aliphatic hydroxyl groups is 1. The highest BCUT2D eigenvalue weighted by Crippen LogP contribution is 2.18. The highest BCUT2D eigenvalue weighted by Gasteiger charge is 2.39. The number of aliphatic hydroxyl groups excluding tert-OH is 1. The highest BCUT2D eigenvalue weighted by molar-refractivity contribution is 7.80. The summed E-state index contributed by atoms with van der Waals surface area (Å²) in [6, 6.07) is 10.1. The quantitative estimate of drug-likeness (QED) is 0.260. The van der Waals surface area contributed by atoms with Crippen LogP contribution in [0.4, 0.5) is 0 Å². The molecule has 0 aliphatic heterocycles. The van der Waals surface area contributed by atoms with Gasteiger partial charge in [0.1, 0.15) is 0 Å². The third-order valence-corrected chi connectivity index (χ3v) is 7.43. The fraction of sp³-hybridized carbons (Fsp3) is 0.632. The monoisotopic (exact) mass is 414 g/mol. The molecule has 27 heavy (non-hydrogen) atoms. The van der Waals surface area contributed by atoms with E-state index in [1.807, 2.05) is 58.0 Å². The normalized spacial score (nSPS) is 13.8. The van der Waals surface area contributed by atoms with E-state index in [1.165, 1.54) is 0 Å². The molecule has 3 N–H and O–H groups in total. The average molecular weight is 415 g/mol. The predicted molar refractivity (Wildman–Crippen MR) is 115 cm³/mol. The third kappa shape index (κ3) is 8.67. The molecule has 0 aromatic heterocycles. The zero-order chi connectivity index (χ0) is 20.1. The summed E-state index contributed by atoms with van der Waals surface area (Å²) in [5.41, 5.74) is 0.862. The van der Waals surface area contributed by atoms with Crippen LogP contribution in [0.3, 0.4) is 0 Å². The fourth-order valence-electron chi connectivity index (χ4n) is 2.78. The van der Waals surface area contributed by atoms with Crippen LogP contribution >= 0.6 is 12.2 Å². The van der Waals surface area contributed by atoms with Crippen LogP contribution in [0.15, 0.2) is 30.3 Å². The fourth-order valence-corrected chi connectivity index (χ4v) is 5.68. The van der Waals surface area contributed by atoms with Crippen LogP contribution in [0.2, 0.25) is 6.04 Å². The van der Waals surface area contributed by atoms with E-state index in [0.717, 1.165) is 18.0 Å². The molecule has 6 nitrogen and oxygen atoms in total. The van der Waals surface area contributed by atoms with E-state index >= 15 is 0 Å². The lowest BCUT2D eigenvalue weighted by atomic mass is 10.0. The van der Waals surface area contributed by atoms with Crippen molar-refractivity contribution in [1.29, 1.82) is 0 Å². The van der Waals surface area contributed by atoms with Crippen LogP contribution in [0.5, 0.6) is 0 Å². The van der Waals surface area contributed by atoms with Crippen LogP contribution in [-0.2, 0) is 13.3 Å². The van der Waals surface area contributed by atoms with Gasteiger partial charge in [-0.1, -0.05) is 30.3 Å². The second-order valence-electron chi connectivity index (χ2n) is 6.13. The predicted octanol–water partition coefficient (Wildman–Crippen LogP) is 3.01. The van der Waals surface area contributed by atoms with Crippen molar-refractivity contribution in [2.24, 2.45) is 0 Å². The van der Waals surface area contributed by atoms with E-state index in [1.54, 1.807) is 0 Å². The molecule has 0 saturated heterocycles. The molecular weight excluding hydrogens is 380 g/mol. The molecular formula is C19H34N2O4SSi. The van der Waals surface area contributed by atoms with Crippen molar-refractivity contribution in [3.63, 3.8) is 0 Å². The molecule has 0 radical (unpaired) electrons. The molecule has 154 valence electrons. The Labute approximate surface area is 170 Å². The lowest BCUT2D eigenvalue weighted by Gasteiger charge is -2.28. The van der Waals surface area contributed by atoms with Crippen molar-refractivity contribution in [1.82, 2.24) is 10.6 Å². The summed E-state index contributed by atoms with van der Waals surface area (Å²) >= 11 is 5.34. The van der Waals surface area contributed by atoms with E-state index < -0.39 is 14.9 Å². The minimum atomic E-state index is -2.61. The molecule has 0 fully saturated rings. The third-order valence-electron chi connectivity index (χ3n) is 4.01. The Kier molecular flexibility index (Phi) is 11.7. The molecule has 1 aromatic rings. The van der Waals surface area contributed by atoms with Gasteiger partial charge in [0.2, 0.25) is 0 Å². The molecule has 0 saturated carbocycles. The molecule has 2 unspecified atom stereocenters. The largest absolute Gasteiger partial charge is 0.500 e. The Hall–Kier alpha value is -1.03. The summed E-state index contributed by atoms with van der Waals surface area (Å²) in [7, 11) is -2.61. The van der Waals surface area contributed by atoms with Gasteiger partial charge in [-0.25, -0.2) is 0 Å². The smallest absolute Gasteiger partial charge is 0.386 e. The molecule has 0 aliphatic carbocycles. The first-order valence-electron chi connectivity index (χ1n) is 9.67. The second-order valence-corrected chi connectivity index (χ2v) is 9.27. The van der Waals surface area contributed by atoms with Crippen LogP contribution in [0.1, 0.15) is 45.8 Å². The van der Waals surface area contributed by atoms with E-state index in [4.69, 9.17) is 25.5 Å². The molecule has 2 atom stereocenters. The van der Waals surface area contributed by atoms with E-state index in [0.29, 0.717) is 31.5 Å². The number of rotatable bonds is 13. The minimum Gasteiger partial charge on any atom is -0.386 e. The van der Waals surface area contributed by atoms with Gasteiger partial charge in [-0.3, -0.25) is 0 Å². The minimum absolute atomic E-state index is 0.198. The first-order chi connectivity index (χ1) is 13.0. The van der Waals surface area contributed by atoms with Crippen molar-refractivity contribution in [3.05, 3.63) is 35.9 Å². The summed E-state index contributed by atoms with van der Waals surface area (Å²) < 4.78 is 17.5. The molecule has 1 rings (SSSR count). The highest BCUT2D eigenvalue weighted by atomic mass is 32.1.